The van der Waals surface area contributed by atoms with Crippen molar-refractivity contribution in [3.05, 3.63) is 24.8 Å². The molecule has 3 rings (SSSR count). The van der Waals surface area contributed by atoms with E-state index in [-0.39, 0.29) is 6.61 Å². The van der Waals surface area contributed by atoms with Crippen molar-refractivity contribution in [2.75, 3.05) is 6.61 Å². The van der Waals surface area contributed by atoms with Crippen LogP contribution < -0.4 is 0 Å². The molecule has 0 spiro atoms. The molecule has 0 saturated heterocycles. The van der Waals surface area contributed by atoms with Crippen LogP contribution in [0.4, 0.5) is 0 Å². The first-order valence-electron chi connectivity index (χ1n) is 5.28. The molecule has 16 heavy (non-hydrogen) atoms. The quantitative estimate of drug-likeness (QED) is 0.693. The molecule has 0 aliphatic carbocycles. The summed E-state index contributed by atoms with van der Waals surface area (Å²) >= 11 is 0. The fourth-order valence-electron chi connectivity index (χ4n) is 1.97. The van der Waals surface area contributed by atoms with Crippen LogP contribution in [0.5, 0.6) is 0 Å². The number of nitrogens with one attached hydrogen (secondary N) is 1. The maximum Gasteiger partial charge on any atom is 0.114 e. The number of nitrogens with zero attached hydrogens (tertiary/aromatic N) is 3. The Morgan fingerprint density at radius 3 is 3.12 bits per heavy atom. The molecule has 82 valence electrons. The van der Waals surface area contributed by atoms with E-state index >= 15 is 0 Å². The highest BCUT2D eigenvalue weighted by Crippen LogP contribution is 2.21. The molecule has 0 amide bonds. The van der Waals surface area contributed by atoms with E-state index < -0.39 is 0 Å². The van der Waals surface area contributed by atoms with Crippen molar-refractivity contribution in [1.82, 2.24) is 19.5 Å². The van der Waals surface area contributed by atoms with Crippen molar-refractivity contribution >= 4 is 22.1 Å². The number of fused-ring (bicyclic) bond motifs is 3. The molecule has 0 fully saturated rings. The van der Waals surface area contributed by atoms with E-state index in [9.17, 15) is 0 Å². The molecule has 3 aromatic rings. The Morgan fingerprint density at radius 1 is 1.31 bits per heavy atom. The molecule has 0 saturated carbocycles. The average molecular weight is 216 g/mol. The van der Waals surface area contributed by atoms with E-state index in [1.54, 1.807) is 12.7 Å². The normalized spacial score (nSPS) is 11.6. The highest BCUT2D eigenvalue weighted by molar-refractivity contribution is 6.00. The minimum Gasteiger partial charge on any atom is -0.396 e. The molecule has 0 unspecified atom stereocenters. The first-order valence-corrected chi connectivity index (χ1v) is 5.28. The highest BCUT2D eigenvalue weighted by Gasteiger charge is 2.08. The number of rotatable bonds is 3. The maximum absolute atomic E-state index is 8.85. The standard InChI is InChI=1S/C11H12N4O/c16-5-1-4-15-7-14-9-3-2-8-10(11(9)15)13-6-12-8/h2-3,6-7,16H,1,4-5H2,(H,12,13). The van der Waals surface area contributed by atoms with Crippen LogP contribution in [-0.4, -0.2) is 31.2 Å². The average Bonchev–Trinajstić information content (AvgIpc) is 2.91. The predicted octanol–water partition coefficient (Wildman–Crippen LogP) is 1.29. The molecule has 5 nitrogen and oxygen atoms in total. The van der Waals surface area contributed by atoms with E-state index in [1.165, 1.54) is 0 Å². The number of hydrogen-bond acceptors (Lipinski definition) is 3. The van der Waals surface area contributed by atoms with Crippen LogP contribution in [0.1, 0.15) is 6.42 Å². The van der Waals surface area contributed by atoms with E-state index in [1.807, 2.05) is 16.7 Å². The summed E-state index contributed by atoms with van der Waals surface area (Å²) in [4.78, 5) is 11.7. The zero-order chi connectivity index (χ0) is 11.0. The smallest absolute Gasteiger partial charge is 0.114 e. The lowest BCUT2D eigenvalue weighted by Crippen LogP contribution is -1.98. The molecule has 5 heteroatoms. The molecule has 2 heterocycles. The van der Waals surface area contributed by atoms with Crippen LogP contribution in [0.3, 0.4) is 0 Å². The number of aliphatic hydroxyl groups is 1. The van der Waals surface area contributed by atoms with Gasteiger partial charge in [0.25, 0.3) is 0 Å². The summed E-state index contributed by atoms with van der Waals surface area (Å²) in [5.74, 6) is 0. The van der Waals surface area contributed by atoms with Gasteiger partial charge in [-0.1, -0.05) is 0 Å². The van der Waals surface area contributed by atoms with Crippen molar-refractivity contribution < 1.29 is 5.11 Å². The summed E-state index contributed by atoms with van der Waals surface area (Å²) < 4.78 is 2.04. The number of imidazole rings is 2. The number of aromatic nitrogens is 4. The van der Waals surface area contributed by atoms with E-state index in [0.717, 1.165) is 35.0 Å². The molecule has 0 aliphatic heterocycles. The first kappa shape index (κ1) is 9.35. The van der Waals surface area contributed by atoms with Crippen LogP contribution in [0.25, 0.3) is 22.1 Å². The zero-order valence-corrected chi connectivity index (χ0v) is 8.72. The number of benzene rings is 1. The summed E-state index contributed by atoms with van der Waals surface area (Å²) in [7, 11) is 0. The minimum absolute atomic E-state index is 0.191. The lowest BCUT2D eigenvalue weighted by Gasteiger charge is -2.02. The highest BCUT2D eigenvalue weighted by atomic mass is 16.3. The van der Waals surface area contributed by atoms with Gasteiger partial charge in [0.15, 0.2) is 0 Å². The number of aromatic amines is 1. The lowest BCUT2D eigenvalue weighted by molar-refractivity contribution is 0.280. The SMILES string of the molecule is OCCCn1cnc2ccc3[nH]cnc3c21. The monoisotopic (exact) mass is 216 g/mol. The molecule has 0 radical (unpaired) electrons. The molecular weight excluding hydrogens is 204 g/mol. The zero-order valence-electron chi connectivity index (χ0n) is 8.72. The summed E-state index contributed by atoms with van der Waals surface area (Å²) in [6.45, 7) is 0.954. The molecule has 2 aromatic heterocycles. The fourth-order valence-corrected chi connectivity index (χ4v) is 1.97. The fraction of sp³-hybridized carbons (Fsp3) is 0.273. The third-order valence-corrected chi connectivity index (χ3v) is 2.72. The van der Waals surface area contributed by atoms with Crippen LogP contribution in [0, 0.1) is 0 Å². The maximum atomic E-state index is 8.85. The van der Waals surface area contributed by atoms with Crippen LogP contribution >= 0.6 is 0 Å². The second kappa shape index (κ2) is 3.61. The summed E-state index contributed by atoms with van der Waals surface area (Å²) in [6.07, 6.45) is 4.22. The second-order valence-electron chi connectivity index (χ2n) is 3.75. The van der Waals surface area contributed by atoms with Gasteiger partial charge in [0.1, 0.15) is 5.52 Å². The summed E-state index contributed by atoms with van der Waals surface area (Å²) in [5.41, 5.74) is 3.93. The van der Waals surface area contributed by atoms with Crippen molar-refractivity contribution in [2.45, 2.75) is 13.0 Å². The van der Waals surface area contributed by atoms with Crippen LogP contribution in [-0.2, 0) is 6.54 Å². The Kier molecular flexibility index (Phi) is 2.11. The van der Waals surface area contributed by atoms with Crippen molar-refractivity contribution in [1.29, 1.82) is 0 Å². The molecule has 0 aliphatic rings. The molecule has 0 bridgehead atoms. The van der Waals surface area contributed by atoms with E-state index in [4.69, 9.17) is 5.11 Å². The van der Waals surface area contributed by atoms with Gasteiger partial charge in [-0.05, 0) is 18.6 Å². The first-order chi connectivity index (χ1) is 7.90. The Labute approximate surface area is 91.8 Å². The number of aryl methyl sites for hydroxylation is 1. The number of H-pyrrole nitrogens is 1. The molecule has 1 aromatic carbocycles. The van der Waals surface area contributed by atoms with Crippen molar-refractivity contribution in [3.63, 3.8) is 0 Å². The van der Waals surface area contributed by atoms with Crippen molar-refractivity contribution in [2.24, 2.45) is 0 Å². The minimum atomic E-state index is 0.191. The van der Waals surface area contributed by atoms with E-state index in [0.29, 0.717) is 0 Å². The Morgan fingerprint density at radius 2 is 2.25 bits per heavy atom. The van der Waals surface area contributed by atoms with Crippen molar-refractivity contribution in [3.8, 4) is 0 Å². The molecular formula is C11H12N4O. The molecule has 2 N–H and O–H groups in total. The van der Waals surface area contributed by atoms with Gasteiger partial charge >= 0.3 is 0 Å². The Balaban J connectivity index is 2.24. The number of hydrogen-bond donors (Lipinski definition) is 2. The van der Waals surface area contributed by atoms with Gasteiger partial charge < -0.3 is 14.7 Å². The Hall–Kier alpha value is -1.88. The van der Waals surface area contributed by atoms with Gasteiger partial charge in [0.05, 0.1) is 29.2 Å². The van der Waals surface area contributed by atoms with Gasteiger partial charge in [-0.25, -0.2) is 9.97 Å². The second-order valence-corrected chi connectivity index (χ2v) is 3.75. The van der Waals surface area contributed by atoms with Gasteiger partial charge in [-0.2, -0.15) is 0 Å². The number of aliphatic hydroxyl groups excluding tert-OH is 1. The summed E-state index contributed by atoms with van der Waals surface area (Å²) in [5, 5.41) is 8.85. The lowest BCUT2D eigenvalue weighted by atomic mass is 10.2. The van der Waals surface area contributed by atoms with Gasteiger partial charge in [-0.15, -0.1) is 0 Å². The summed E-state index contributed by atoms with van der Waals surface area (Å²) in [6, 6.07) is 3.96. The topological polar surface area (TPSA) is 66.7 Å². The van der Waals surface area contributed by atoms with Gasteiger partial charge in [-0.3, -0.25) is 0 Å². The van der Waals surface area contributed by atoms with E-state index in [2.05, 4.69) is 15.0 Å². The van der Waals surface area contributed by atoms with Gasteiger partial charge in [0, 0.05) is 13.2 Å². The predicted molar refractivity (Wildman–Crippen MR) is 61.1 cm³/mol. The largest absolute Gasteiger partial charge is 0.396 e. The van der Waals surface area contributed by atoms with Crippen LogP contribution in [0.15, 0.2) is 24.8 Å². The Bertz CT molecular complexity index is 625. The third-order valence-electron chi connectivity index (χ3n) is 2.72. The third kappa shape index (κ3) is 1.29. The van der Waals surface area contributed by atoms with Gasteiger partial charge in [0.2, 0.25) is 0 Å². The van der Waals surface area contributed by atoms with Crippen LogP contribution in [0.2, 0.25) is 0 Å². The molecule has 0 atom stereocenters.